The van der Waals surface area contributed by atoms with Gasteiger partial charge in [0.1, 0.15) is 5.75 Å². The summed E-state index contributed by atoms with van der Waals surface area (Å²) in [6.45, 7) is 9.89. The van der Waals surface area contributed by atoms with E-state index < -0.39 is 0 Å². The smallest absolute Gasteiger partial charge is 0.119 e. The van der Waals surface area contributed by atoms with Gasteiger partial charge in [-0.1, -0.05) is 6.92 Å². The normalized spacial score (nSPS) is 14.1. The highest BCUT2D eigenvalue weighted by Gasteiger charge is 2.19. The Bertz CT molecular complexity index is 390. The summed E-state index contributed by atoms with van der Waals surface area (Å²) in [5.74, 6) is 1.58. The molecule has 0 aliphatic carbocycles. The topological polar surface area (TPSA) is 55.5 Å². The van der Waals surface area contributed by atoms with Crippen LogP contribution >= 0.6 is 0 Å². The summed E-state index contributed by atoms with van der Waals surface area (Å²) < 4.78 is 5.60. The second-order valence-electron chi connectivity index (χ2n) is 5.53. The van der Waals surface area contributed by atoms with Crippen LogP contribution in [0.2, 0.25) is 0 Å². The average Bonchev–Trinajstić information content (AvgIpc) is 2.42. The number of rotatable bonds is 8. The third-order valence-electron chi connectivity index (χ3n) is 3.99. The lowest BCUT2D eigenvalue weighted by Gasteiger charge is -2.24. The van der Waals surface area contributed by atoms with Crippen LogP contribution in [-0.2, 0) is 0 Å². The van der Waals surface area contributed by atoms with Crippen molar-refractivity contribution in [3.8, 4) is 5.75 Å². The Kier molecular flexibility index (Phi) is 7.03. The summed E-state index contributed by atoms with van der Waals surface area (Å²) in [5.41, 5.74) is 9.66. The van der Waals surface area contributed by atoms with Crippen molar-refractivity contribution >= 4 is 0 Å². The van der Waals surface area contributed by atoms with Gasteiger partial charge in [-0.05, 0) is 80.8 Å². The van der Waals surface area contributed by atoms with E-state index in [2.05, 4.69) is 32.9 Å². The number of ether oxygens (including phenoxy) is 1. The molecule has 2 atom stereocenters. The molecule has 114 valence electrons. The fraction of sp³-hybridized carbons (Fsp3) is 0.647. The van der Waals surface area contributed by atoms with Crippen LogP contribution in [0.3, 0.4) is 0 Å². The molecule has 2 unspecified atom stereocenters. The van der Waals surface area contributed by atoms with E-state index in [1.807, 2.05) is 6.92 Å². The van der Waals surface area contributed by atoms with Crippen molar-refractivity contribution in [2.45, 2.75) is 46.5 Å². The molecule has 1 rings (SSSR count). The van der Waals surface area contributed by atoms with E-state index in [0.29, 0.717) is 19.1 Å². The number of nitrogens with two attached hydrogens (primary N) is 1. The van der Waals surface area contributed by atoms with Crippen LogP contribution in [-0.4, -0.2) is 24.9 Å². The molecule has 1 aromatic rings. The maximum Gasteiger partial charge on any atom is 0.119 e. The minimum Gasteiger partial charge on any atom is -0.494 e. The molecule has 0 aliphatic rings. The standard InChI is InChI=1S/C17H29NO2/c1-5-15(9-14(10-18)11-19)17-12(3)7-16(20-6-2)8-13(17)4/h7-8,14-15,19H,5-6,9-11,18H2,1-4H3. The van der Waals surface area contributed by atoms with Crippen LogP contribution in [0, 0.1) is 19.8 Å². The van der Waals surface area contributed by atoms with Gasteiger partial charge < -0.3 is 15.6 Å². The van der Waals surface area contributed by atoms with Crippen LogP contribution in [0.15, 0.2) is 12.1 Å². The van der Waals surface area contributed by atoms with E-state index in [0.717, 1.165) is 18.6 Å². The van der Waals surface area contributed by atoms with Gasteiger partial charge in [-0.25, -0.2) is 0 Å². The molecular formula is C17H29NO2. The first kappa shape index (κ1) is 17.0. The molecule has 3 N–H and O–H groups in total. The lowest BCUT2D eigenvalue weighted by molar-refractivity contribution is 0.214. The molecule has 0 amide bonds. The summed E-state index contributed by atoms with van der Waals surface area (Å²) in [4.78, 5) is 0. The summed E-state index contributed by atoms with van der Waals surface area (Å²) >= 11 is 0. The summed E-state index contributed by atoms with van der Waals surface area (Å²) in [6, 6.07) is 4.23. The number of hydrogen-bond donors (Lipinski definition) is 2. The van der Waals surface area contributed by atoms with Crippen LogP contribution in [0.1, 0.15) is 49.3 Å². The zero-order chi connectivity index (χ0) is 15.1. The van der Waals surface area contributed by atoms with Crippen molar-refractivity contribution in [2.24, 2.45) is 11.7 Å². The van der Waals surface area contributed by atoms with Gasteiger partial charge in [-0.2, -0.15) is 0 Å². The zero-order valence-electron chi connectivity index (χ0n) is 13.3. The Morgan fingerprint density at radius 2 is 1.80 bits per heavy atom. The van der Waals surface area contributed by atoms with Crippen LogP contribution < -0.4 is 10.5 Å². The Morgan fingerprint density at radius 1 is 1.20 bits per heavy atom. The molecule has 0 fully saturated rings. The predicted octanol–water partition coefficient (Wildman–Crippen LogP) is 3.15. The van der Waals surface area contributed by atoms with Crippen molar-refractivity contribution in [3.63, 3.8) is 0 Å². The molecule has 0 spiro atoms. The van der Waals surface area contributed by atoms with E-state index in [1.165, 1.54) is 16.7 Å². The monoisotopic (exact) mass is 279 g/mol. The van der Waals surface area contributed by atoms with E-state index >= 15 is 0 Å². The molecule has 3 heteroatoms. The Balaban J connectivity index is 3.03. The lowest BCUT2D eigenvalue weighted by Crippen LogP contribution is -2.21. The van der Waals surface area contributed by atoms with E-state index in [-0.39, 0.29) is 12.5 Å². The van der Waals surface area contributed by atoms with Crippen molar-refractivity contribution in [1.82, 2.24) is 0 Å². The zero-order valence-corrected chi connectivity index (χ0v) is 13.3. The molecule has 0 radical (unpaired) electrons. The molecular weight excluding hydrogens is 250 g/mol. The van der Waals surface area contributed by atoms with Gasteiger partial charge in [-0.3, -0.25) is 0 Å². The minimum absolute atomic E-state index is 0.169. The summed E-state index contributed by atoms with van der Waals surface area (Å²) in [5, 5.41) is 9.37. The molecule has 0 bridgehead atoms. The third kappa shape index (κ3) is 4.22. The van der Waals surface area contributed by atoms with Gasteiger partial charge in [0, 0.05) is 6.61 Å². The molecule has 0 saturated carbocycles. The second kappa shape index (κ2) is 8.28. The highest BCUT2D eigenvalue weighted by Crippen LogP contribution is 2.34. The van der Waals surface area contributed by atoms with Crippen molar-refractivity contribution in [2.75, 3.05) is 19.8 Å². The number of aliphatic hydroxyl groups is 1. The van der Waals surface area contributed by atoms with Gasteiger partial charge in [-0.15, -0.1) is 0 Å². The molecule has 1 aromatic carbocycles. The van der Waals surface area contributed by atoms with Gasteiger partial charge >= 0.3 is 0 Å². The summed E-state index contributed by atoms with van der Waals surface area (Å²) in [6.07, 6.45) is 2.01. The SMILES string of the molecule is CCOc1cc(C)c(C(CC)CC(CN)CO)c(C)c1. The van der Waals surface area contributed by atoms with Crippen molar-refractivity contribution < 1.29 is 9.84 Å². The van der Waals surface area contributed by atoms with E-state index in [9.17, 15) is 5.11 Å². The van der Waals surface area contributed by atoms with Gasteiger partial charge in [0.25, 0.3) is 0 Å². The van der Waals surface area contributed by atoms with Gasteiger partial charge in [0.2, 0.25) is 0 Å². The van der Waals surface area contributed by atoms with Crippen LogP contribution in [0.4, 0.5) is 0 Å². The molecule has 0 saturated heterocycles. The lowest BCUT2D eigenvalue weighted by atomic mass is 9.82. The molecule has 0 heterocycles. The Hall–Kier alpha value is -1.06. The van der Waals surface area contributed by atoms with Crippen LogP contribution in [0.5, 0.6) is 5.75 Å². The summed E-state index contributed by atoms with van der Waals surface area (Å²) in [7, 11) is 0. The maximum atomic E-state index is 9.37. The first-order valence-corrected chi connectivity index (χ1v) is 7.62. The van der Waals surface area contributed by atoms with Crippen molar-refractivity contribution in [3.05, 3.63) is 28.8 Å². The quantitative estimate of drug-likeness (QED) is 0.768. The van der Waals surface area contributed by atoms with Crippen LogP contribution in [0.25, 0.3) is 0 Å². The average molecular weight is 279 g/mol. The second-order valence-corrected chi connectivity index (χ2v) is 5.53. The van der Waals surface area contributed by atoms with Gasteiger partial charge in [0.15, 0.2) is 0 Å². The highest BCUT2D eigenvalue weighted by atomic mass is 16.5. The van der Waals surface area contributed by atoms with E-state index in [4.69, 9.17) is 10.5 Å². The number of benzene rings is 1. The first-order valence-electron chi connectivity index (χ1n) is 7.62. The minimum atomic E-state index is 0.169. The van der Waals surface area contributed by atoms with Crippen molar-refractivity contribution in [1.29, 1.82) is 0 Å². The van der Waals surface area contributed by atoms with Gasteiger partial charge in [0.05, 0.1) is 6.61 Å². The molecule has 0 aromatic heterocycles. The molecule has 3 nitrogen and oxygen atoms in total. The fourth-order valence-corrected chi connectivity index (χ4v) is 2.97. The number of hydrogen-bond acceptors (Lipinski definition) is 3. The Labute approximate surface area is 123 Å². The maximum absolute atomic E-state index is 9.37. The van der Waals surface area contributed by atoms with E-state index in [1.54, 1.807) is 0 Å². The number of aryl methyl sites for hydroxylation is 2. The fourth-order valence-electron chi connectivity index (χ4n) is 2.97. The Morgan fingerprint density at radius 3 is 2.20 bits per heavy atom. The predicted molar refractivity (Wildman–Crippen MR) is 84.4 cm³/mol. The third-order valence-corrected chi connectivity index (χ3v) is 3.99. The largest absolute Gasteiger partial charge is 0.494 e. The molecule has 20 heavy (non-hydrogen) atoms. The number of aliphatic hydroxyl groups excluding tert-OH is 1. The molecule has 0 aliphatic heterocycles. The highest BCUT2D eigenvalue weighted by molar-refractivity contribution is 5.43. The first-order chi connectivity index (χ1) is 9.57.